The van der Waals surface area contributed by atoms with Crippen LogP contribution in [0.4, 0.5) is 11.4 Å². The van der Waals surface area contributed by atoms with Gasteiger partial charge in [-0.05, 0) is 47.9 Å². The first-order chi connectivity index (χ1) is 14.7. The Morgan fingerprint density at radius 1 is 1.19 bits per heavy atom. The number of benzene rings is 1. The van der Waals surface area contributed by atoms with E-state index >= 15 is 0 Å². The molecular weight excluding hydrogens is 390 g/mol. The lowest BCUT2D eigenvalue weighted by Crippen LogP contribution is -2.35. The van der Waals surface area contributed by atoms with E-state index in [1.807, 2.05) is 36.5 Å². The molecule has 4 rings (SSSR count). The SMILES string of the molecule is CC(=O)Nc1cccc(-c2cc3c(N[C@@H]4CCC(C)C4(C)C)c(C(N)=O)cnn3c2)c1. The summed E-state index contributed by atoms with van der Waals surface area (Å²) < 4.78 is 1.76. The van der Waals surface area contributed by atoms with Gasteiger partial charge in [0.15, 0.2) is 0 Å². The quantitative estimate of drug-likeness (QED) is 0.574. The van der Waals surface area contributed by atoms with Gasteiger partial charge in [0.2, 0.25) is 5.91 Å². The van der Waals surface area contributed by atoms with Crippen molar-refractivity contribution in [1.29, 1.82) is 0 Å². The maximum absolute atomic E-state index is 12.2. The van der Waals surface area contributed by atoms with Crippen LogP contribution in [0, 0.1) is 11.3 Å². The predicted molar refractivity (Wildman–Crippen MR) is 123 cm³/mol. The highest BCUT2D eigenvalue weighted by atomic mass is 16.1. The Kier molecular flexibility index (Phi) is 5.21. The molecule has 3 aromatic rings. The van der Waals surface area contributed by atoms with Crippen molar-refractivity contribution in [2.24, 2.45) is 17.1 Å². The van der Waals surface area contributed by atoms with Crippen molar-refractivity contribution in [3.63, 3.8) is 0 Å². The summed E-state index contributed by atoms with van der Waals surface area (Å²) in [7, 11) is 0. The van der Waals surface area contributed by atoms with Gasteiger partial charge < -0.3 is 16.4 Å². The highest BCUT2D eigenvalue weighted by Crippen LogP contribution is 2.44. The van der Waals surface area contributed by atoms with Gasteiger partial charge in [-0.2, -0.15) is 5.10 Å². The van der Waals surface area contributed by atoms with E-state index in [2.05, 4.69) is 36.5 Å². The number of rotatable bonds is 5. The largest absolute Gasteiger partial charge is 0.379 e. The van der Waals surface area contributed by atoms with Crippen molar-refractivity contribution >= 4 is 28.7 Å². The molecule has 1 unspecified atom stereocenters. The van der Waals surface area contributed by atoms with Crippen LogP contribution in [0.25, 0.3) is 16.6 Å². The number of amides is 2. The monoisotopic (exact) mass is 419 g/mol. The first-order valence-corrected chi connectivity index (χ1v) is 10.6. The van der Waals surface area contributed by atoms with E-state index in [1.54, 1.807) is 4.52 Å². The highest BCUT2D eigenvalue weighted by Gasteiger charge is 2.41. The second-order valence-electron chi connectivity index (χ2n) is 9.11. The van der Waals surface area contributed by atoms with Crippen molar-refractivity contribution < 1.29 is 9.59 Å². The molecular formula is C24H29N5O2. The standard InChI is InChI=1S/C24H29N5O2/c1-14-8-9-21(24(14,3)4)28-22-19(23(25)31)12-26-29-13-17(11-20(22)29)16-6-5-7-18(10-16)27-15(2)30/h5-7,10-14,21,28H,8-9H2,1-4H3,(H2,25,31)(H,27,30)/t14?,21-/m1/s1. The minimum Gasteiger partial charge on any atom is -0.379 e. The fourth-order valence-corrected chi connectivity index (χ4v) is 4.47. The van der Waals surface area contributed by atoms with Gasteiger partial charge in [-0.15, -0.1) is 0 Å². The Hall–Kier alpha value is -3.35. The number of nitrogens with zero attached hydrogens (tertiary/aromatic N) is 2. The number of hydrogen-bond donors (Lipinski definition) is 3. The molecule has 2 atom stereocenters. The van der Waals surface area contributed by atoms with Crippen LogP contribution in [0.3, 0.4) is 0 Å². The third-order valence-corrected chi connectivity index (χ3v) is 6.79. The van der Waals surface area contributed by atoms with E-state index in [4.69, 9.17) is 5.73 Å². The van der Waals surface area contributed by atoms with Gasteiger partial charge in [-0.1, -0.05) is 32.9 Å². The van der Waals surface area contributed by atoms with E-state index in [9.17, 15) is 9.59 Å². The number of fused-ring (bicyclic) bond motifs is 1. The lowest BCUT2D eigenvalue weighted by atomic mass is 9.80. The molecule has 2 heterocycles. The number of carbonyl (C=O) groups is 2. The normalized spacial score (nSPS) is 20.0. The average Bonchev–Trinajstić information content (AvgIpc) is 3.24. The second kappa shape index (κ2) is 7.72. The van der Waals surface area contributed by atoms with Crippen LogP contribution in [0.1, 0.15) is 50.9 Å². The summed E-state index contributed by atoms with van der Waals surface area (Å²) in [6.45, 7) is 8.29. The number of primary amides is 1. The van der Waals surface area contributed by atoms with Crippen molar-refractivity contribution in [1.82, 2.24) is 9.61 Å². The van der Waals surface area contributed by atoms with Crippen molar-refractivity contribution in [2.75, 3.05) is 10.6 Å². The Balaban J connectivity index is 1.79. The molecule has 0 spiro atoms. The lowest BCUT2D eigenvalue weighted by molar-refractivity contribution is -0.114. The topological polar surface area (TPSA) is 102 Å². The first-order valence-electron chi connectivity index (χ1n) is 10.6. The Morgan fingerprint density at radius 2 is 1.97 bits per heavy atom. The number of hydrogen-bond acceptors (Lipinski definition) is 4. The predicted octanol–water partition coefficient (Wildman–Crippen LogP) is 4.30. The molecule has 2 aromatic heterocycles. The Labute approximate surface area is 182 Å². The van der Waals surface area contributed by atoms with E-state index in [-0.39, 0.29) is 17.4 Å². The molecule has 1 saturated carbocycles. The van der Waals surface area contributed by atoms with Crippen LogP contribution < -0.4 is 16.4 Å². The first kappa shape index (κ1) is 20.9. The molecule has 1 aliphatic carbocycles. The van der Waals surface area contributed by atoms with E-state index in [0.29, 0.717) is 11.5 Å². The van der Waals surface area contributed by atoms with Crippen LogP contribution in [-0.2, 0) is 4.79 Å². The molecule has 0 radical (unpaired) electrons. The average molecular weight is 420 g/mol. The molecule has 2 amide bonds. The Morgan fingerprint density at radius 3 is 2.61 bits per heavy atom. The molecule has 7 heteroatoms. The van der Waals surface area contributed by atoms with Crippen LogP contribution in [0.15, 0.2) is 42.7 Å². The summed E-state index contributed by atoms with van der Waals surface area (Å²) in [5, 5.41) is 10.9. The minimum atomic E-state index is -0.503. The number of nitrogens with one attached hydrogen (secondary N) is 2. The van der Waals surface area contributed by atoms with E-state index < -0.39 is 5.91 Å². The molecule has 0 saturated heterocycles. The van der Waals surface area contributed by atoms with Crippen LogP contribution in [0.2, 0.25) is 0 Å². The van der Waals surface area contributed by atoms with Gasteiger partial charge in [0, 0.05) is 30.4 Å². The minimum absolute atomic E-state index is 0.0945. The fourth-order valence-electron chi connectivity index (χ4n) is 4.47. The van der Waals surface area contributed by atoms with Gasteiger partial charge >= 0.3 is 0 Å². The van der Waals surface area contributed by atoms with E-state index in [1.165, 1.54) is 13.1 Å². The van der Waals surface area contributed by atoms with Gasteiger partial charge in [-0.25, -0.2) is 4.52 Å². The van der Waals surface area contributed by atoms with Crippen LogP contribution in [0.5, 0.6) is 0 Å². The van der Waals surface area contributed by atoms with Gasteiger partial charge in [-0.3, -0.25) is 9.59 Å². The summed E-state index contributed by atoms with van der Waals surface area (Å²) in [5.74, 6) is -0.0395. The van der Waals surface area contributed by atoms with Crippen molar-refractivity contribution in [3.8, 4) is 11.1 Å². The smallest absolute Gasteiger partial charge is 0.252 e. The fraction of sp³-hybridized carbons (Fsp3) is 0.375. The second-order valence-corrected chi connectivity index (χ2v) is 9.11. The summed E-state index contributed by atoms with van der Waals surface area (Å²) in [4.78, 5) is 23.6. The maximum atomic E-state index is 12.2. The molecule has 1 aromatic carbocycles. The van der Waals surface area contributed by atoms with Gasteiger partial charge in [0.05, 0.1) is 23.0 Å². The highest BCUT2D eigenvalue weighted by molar-refractivity contribution is 6.02. The Bertz CT molecular complexity index is 1160. The molecule has 31 heavy (non-hydrogen) atoms. The zero-order valence-electron chi connectivity index (χ0n) is 18.4. The summed E-state index contributed by atoms with van der Waals surface area (Å²) >= 11 is 0. The molecule has 1 fully saturated rings. The summed E-state index contributed by atoms with van der Waals surface area (Å²) in [6, 6.07) is 9.87. The molecule has 162 valence electrons. The summed E-state index contributed by atoms with van der Waals surface area (Å²) in [6.07, 6.45) is 5.62. The molecule has 0 aliphatic heterocycles. The number of carbonyl (C=O) groups excluding carboxylic acids is 2. The molecule has 0 bridgehead atoms. The number of anilines is 2. The van der Waals surface area contributed by atoms with Gasteiger partial charge in [0.25, 0.3) is 5.91 Å². The van der Waals surface area contributed by atoms with Crippen LogP contribution in [-0.4, -0.2) is 27.5 Å². The van der Waals surface area contributed by atoms with Gasteiger partial charge in [0.1, 0.15) is 0 Å². The zero-order chi connectivity index (χ0) is 22.3. The molecule has 7 nitrogen and oxygen atoms in total. The van der Waals surface area contributed by atoms with Crippen molar-refractivity contribution in [2.45, 2.75) is 46.6 Å². The number of nitrogens with two attached hydrogens (primary N) is 1. The zero-order valence-corrected chi connectivity index (χ0v) is 18.4. The number of aromatic nitrogens is 2. The van der Waals surface area contributed by atoms with Crippen LogP contribution >= 0.6 is 0 Å². The van der Waals surface area contributed by atoms with E-state index in [0.717, 1.165) is 40.9 Å². The maximum Gasteiger partial charge on any atom is 0.252 e. The lowest BCUT2D eigenvalue weighted by Gasteiger charge is -2.33. The molecule has 1 aliphatic rings. The van der Waals surface area contributed by atoms with Crippen molar-refractivity contribution in [3.05, 3.63) is 48.3 Å². The third kappa shape index (κ3) is 3.87. The third-order valence-electron chi connectivity index (χ3n) is 6.79. The molecule has 4 N–H and O–H groups in total. The summed E-state index contributed by atoms with van der Waals surface area (Å²) in [5.41, 5.74) is 10.3.